The van der Waals surface area contributed by atoms with Crippen LogP contribution in [0.1, 0.15) is 24.3 Å². The number of hydrogen-bond donors (Lipinski definition) is 2. The van der Waals surface area contributed by atoms with E-state index in [0.717, 1.165) is 23.8 Å². The zero-order chi connectivity index (χ0) is 15.9. The highest BCUT2D eigenvalue weighted by Crippen LogP contribution is 2.31. The van der Waals surface area contributed by atoms with Gasteiger partial charge in [-0.25, -0.2) is 12.7 Å². The van der Waals surface area contributed by atoms with E-state index in [2.05, 4.69) is 0 Å². The van der Waals surface area contributed by atoms with Crippen LogP contribution in [0.15, 0.2) is 28.7 Å². The van der Waals surface area contributed by atoms with E-state index in [1.54, 1.807) is 6.07 Å². The maximum Gasteiger partial charge on any atom is 0.526 e. The lowest BCUT2D eigenvalue weighted by molar-refractivity contribution is 0.321. The van der Waals surface area contributed by atoms with Crippen molar-refractivity contribution < 1.29 is 22.9 Å². The van der Waals surface area contributed by atoms with Crippen LogP contribution < -0.4 is 5.66 Å². The van der Waals surface area contributed by atoms with E-state index >= 15 is 0 Å². The number of furan rings is 1. The fraction of sp³-hybridized carbons (Fsp3) is 0.429. The van der Waals surface area contributed by atoms with Gasteiger partial charge >= 0.3 is 7.12 Å². The van der Waals surface area contributed by atoms with Crippen molar-refractivity contribution in [3.63, 3.8) is 0 Å². The SMILES string of the molecule is CS(=O)(=O)N1CCC(c2ccc3oc(B(O)O)cc3c2)CC1. The van der Waals surface area contributed by atoms with E-state index in [-0.39, 0.29) is 5.66 Å². The number of benzene rings is 1. The average Bonchev–Trinajstić information content (AvgIpc) is 2.89. The fourth-order valence-corrected chi connectivity index (χ4v) is 3.86. The van der Waals surface area contributed by atoms with E-state index in [0.29, 0.717) is 24.6 Å². The van der Waals surface area contributed by atoms with Gasteiger partial charge in [-0.1, -0.05) is 6.07 Å². The summed E-state index contributed by atoms with van der Waals surface area (Å²) in [7, 11) is -4.73. The van der Waals surface area contributed by atoms with E-state index in [4.69, 9.17) is 14.5 Å². The molecule has 1 aromatic carbocycles. The molecule has 22 heavy (non-hydrogen) atoms. The molecule has 1 aliphatic heterocycles. The van der Waals surface area contributed by atoms with Gasteiger partial charge in [-0.15, -0.1) is 0 Å². The van der Waals surface area contributed by atoms with E-state index in [1.807, 2.05) is 18.2 Å². The first-order valence-electron chi connectivity index (χ1n) is 7.19. The minimum absolute atomic E-state index is 0.124. The number of nitrogens with zero attached hydrogens (tertiary/aromatic N) is 1. The highest BCUT2D eigenvalue weighted by molar-refractivity contribution is 7.88. The summed E-state index contributed by atoms with van der Waals surface area (Å²) in [6.07, 6.45) is 2.81. The first kappa shape index (κ1) is 15.5. The summed E-state index contributed by atoms with van der Waals surface area (Å²) in [6, 6.07) is 7.38. The molecule has 0 spiro atoms. The molecular formula is C14H18BNO5S. The topological polar surface area (TPSA) is 91.0 Å². The van der Waals surface area contributed by atoms with Gasteiger partial charge < -0.3 is 14.5 Å². The summed E-state index contributed by atoms with van der Waals surface area (Å²) in [5, 5.41) is 19.1. The summed E-state index contributed by atoms with van der Waals surface area (Å²) in [5.41, 5.74) is 1.86. The van der Waals surface area contributed by atoms with Crippen molar-refractivity contribution in [1.82, 2.24) is 4.31 Å². The predicted octanol–water partition coefficient (Wildman–Crippen LogP) is 0.252. The molecule has 0 saturated carbocycles. The van der Waals surface area contributed by atoms with Gasteiger partial charge in [0.2, 0.25) is 10.0 Å². The summed E-state index contributed by atoms with van der Waals surface area (Å²) in [4.78, 5) is 0. The maximum atomic E-state index is 11.5. The van der Waals surface area contributed by atoms with E-state index < -0.39 is 17.1 Å². The van der Waals surface area contributed by atoms with Crippen molar-refractivity contribution in [2.45, 2.75) is 18.8 Å². The Bertz CT molecular complexity index is 778. The second-order valence-electron chi connectivity index (χ2n) is 5.76. The number of fused-ring (bicyclic) bond motifs is 1. The zero-order valence-corrected chi connectivity index (χ0v) is 13.1. The third kappa shape index (κ3) is 3.05. The van der Waals surface area contributed by atoms with Crippen LogP contribution in [0.5, 0.6) is 0 Å². The van der Waals surface area contributed by atoms with Crippen molar-refractivity contribution in [2.24, 2.45) is 0 Å². The normalized spacial score (nSPS) is 18.0. The first-order chi connectivity index (χ1) is 10.3. The van der Waals surface area contributed by atoms with Crippen molar-refractivity contribution in [3.8, 4) is 0 Å². The van der Waals surface area contributed by atoms with Gasteiger partial charge in [-0.2, -0.15) is 0 Å². The monoisotopic (exact) mass is 323 g/mol. The molecule has 1 aromatic heterocycles. The molecule has 6 nitrogen and oxygen atoms in total. The van der Waals surface area contributed by atoms with Crippen LogP contribution in [0.4, 0.5) is 0 Å². The van der Waals surface area contributed by atoms with Gasteiger partial charge in [0, 0.05) is 18.5 Å². The highest BCUT2D eigenvalue weighted by Gasteiger charge is 2.26. The van der Waals surface area contributed by atoms with Gasteiger partial charge in [0.25, 0.3) is 0 Å². The number of sulfonamides is 1. The summed E-state index contributed by atoms with van der Waals surface area (Å²) < 4.78 is 29.9. The molecule has 0 unspecified atom stereocenters. The summed E-state index contributed by atoms with van der Waals surface area (Å²) >= 11 is 0. The quantitative estimate of drug-likeness (QED) is 0.790. The minimum atomic E-state index is -3.11. The van der Waals surface area contributed by atoms with Crippen LogP contribution in [-0.4, -0.2) is 49.2 Å². The molecule has 2 N–H and O–H groups in total. The van der Waals surface area contributed by atoms with Crippen LogP contribution in [0.2, 0.25) is 0 Å². The smallest absolute Gasteiger partial charge is 0.465 e. The molecule has 0 amide bonds. The standard InChI is InChI=1S/C14H18BNO5S/c1-22(19,20)16-6-4-10(5-7-16)11-2-3-13-12(8-11)9-14(21-13)15(17)18/h2-3,8-10,17-18H,4-7H2,1H3. The maximum absolute atomic E-state index is 11.5. The van der Waals surface area contributed by atoms with Gasteiger partial charge in [-0.3, -0.25) is 0 Å². The first-order valence-corrected chi connectivity index (χ1v) is 9.04. The lowest BCUT2D eigenvalue weighted by Crippen LogP contribution is -2.37. The van der Waals surface area contributed by atoms with Gasteiger partial charge in [0.1, 0.15) is 11.2 Å². The second-order valence-corrected chi connectivity index (χ2v) is 7.74. The third-order valence-electron chi connectivity index (χ3n) is 4.21. The van der Waals surface area contributed by atoms with Crippen molar-refractivity contribution >= 4 is 33.8 Å². The molecular weight excluding hydrogens is 305 g/mol. The van der Waals surface area contributed by atoms with Gasteiger partial charge in [0.15, 0.2) is 0 Å². The molecule has 0 atom stereocenters. The molecule has 0 bridgehead atoms. The highest BCUT2D eigenvalue weighted by atomic mass is 32.2. The number of hydrogen-bond acceptors (Lipinski definition) is 5. The lowest BCUT2D eigenvalue weighted by atomic mass is 9.87. The molecule has 1 aliphatic rings. The Morgan fingerprint density at radius 1 is 1.23 bits per heavy atom. The summed E-state index contributed by atoms with van der Waals surface area (Å²) in [5.74, 6) is 0.305. The Balaban J connectivity index is 1.80. The number of rotatable bonds is 3. The van der Waals surface area contributed by atoms with Crippen LogP contribution in [0.25, 0.3) is 11.0 Å². The molecule has 1 fully saturated rings. The van der Waals surface area contributed by atoms with Crippen LogP contribution in [0.3, 0.4) is 0 Å². The predicted molar refractivity (Wildman–Crippen MR) is 84.4 cm³/mol. The molecule has 0 radical (unpaired) electrons. The Labute approximate surface area is 129 Å². The van der Waals surface area contributed by atoms with E-state index in [9.17, 15) is 8.42 Å². The van der Waals surface area contributed by atoms with E-state index in [1.165, 1.54) is 10.6 Å². The molecule has 1 saturated heterocycles. The Morgan fingerprint density at radius 3 is 2.50 bits per heavy atom. The molecule has 0 aliphatic carbocycles. The molecule has 3 rings (SSSR count). The average molecular weight is 323 g/mol. The molecule has 2 aromatic rings. The zero-order valence-electron chi connectivity index (χ0n) is 12.3. The Kier molecular flexibility index (Phi) is 4.02. The van der Waals surface area contributed by atoms with Crippen molar-refractivity contribution in [1.29, 1.82) is 0 Å². The molecule has 118 valence electrons. The van der Waals surface area contributed by atoms with Crippen molar-refractivity contribution in [3.05, 3.63) is 29.8 Å². The van der Waals surface area contributed by atoms with Gasteiger partial charge in [-0.05, 0) is 42.5 Å². The van der Waals surface area contributed by atoms with Gasteiger partial charge in [0.05, 0.1) is 6.26 Å². The van der Waals surface area contributed by atoms with Crippen LogP contribution >= 0.6 is 0 Å². The number of piperidine rings is 1. The fourth-order valence-electron chi connectivity index (χ4n) is 2.98. The minimum Gasteiger partial charge on any atom is -0.465 e. The molecule has 8 heteroatoms. The van der Waals surface area contributed by atoms with Crippen LogP contribution in [0, 0.1) is 0 Å². The Hall–Kier alpha value is -1.35. The largest absolute Gasteiger partial charge is 0.526 e. The summed E-state index contributed by atoms with van der Waals surface area (Å²) in [6.45, 7) is 1.07. The molecule has 2 heterocycles. The van der Waals surface area contributed by atoms with Crippen molar-refractivity contribution in [2.75, 3.05) is 19.3 Å². The Morgan fingerprint density at radius 2 is 1.91 bits per heavy atom. The third-order valence-corrected chi connectivity index (χ3v) is 5.51. The van der Waals surface area contributed by atoms with Crippen LogP contribution in [-0.2, 0) is 10.0 Å². The second kappa shape index (κ2) is 5.70. The lowest BCUT2D eigenvalue weighted by Gasteiger charge is -2.30.